The van der Waals surface area contributed by atoms with Crippen LogP contribution in [0.3, 0.4) is 0 Å². The van der Waals surface area contributed by atoms with Crippen molar-refractivity contribution >= 4 is 23.6 Å². The van der Waals surface area contributed by atoms with Crippen LogP contribution < -0.4 is 0 Å². The maximum atomic E-state index is 12.7. The van der Waals surface area contributed by atoms with E-state index in [9.17, 15) is 9.59 Å². The van der Waals surface area contributed by atoms with Crippen LogP contribution in [0.5, 0.6) is 0 Å². The van der Waals surface area contributed by atoms with Crippen molar-refractivity contribution in [3.63, 3.8) is 0 Å². The smallest absolute Gasteiger partial charge is 0.339 e. The van der Waals surface area contributed by atoms with Crippen LogP contribution in [0.25, 0.3) is 0 Å². The second kappa shape index (κ2) is 10.2. The zero-order valence-electron chi connectivity index (χ0n) is 17.5. The molecule has 0 bridgehead atoms. The lowest BCUT2D eigenvalue weighted by molar-refractivity contribution is -0.135. The molecule has 1 aliphatic heterocycles. The van der Waals surface area contributed by atoms with Crippen LogP contribution in [0.15, 0.2) is 77.7 Å². The predicted molar refractivity (Wildman–Crippen MR) is 123 cm³/mol. The summed E-state index contributed by atoms with van der Waals surface area (Å²) < 4.78 is 5.37. The molecule has 1 heterocycles. The van der Waals surface area contributed by atoms with E-state index in [1.807, 2.05) is 42.5 Å². The standard InChI is InChI=1S/C26H22N2O3S/c27-15-19-9-11-20(12-10-19)18-32-24-8-4-3-7-23(24)26(30)31-17-25(29)28-14-13-21-5-1-2-6-22(21)16-28/h1-12H,13-14,16-18H2. The molecule has 5 nitrogen and oxygen atoms in total. The number of nitriles is 1. The number of carbonyl (C=O) groups excluding carboxylic acids is 2. The molecule has 3 aromatic rings. The molecule has 0 saturated carbocycles. The Balaban J connectivity index is 1.34. The van der Waals surface area contributed by atoms with E-state index in [1.54, 1.807) is 29.2 Å². The number of nitrogens with zero attached hydrogens (tertiary/aromatic N) is 2. The molecule has 1 aliphatic rings. The SMILES string of the molecule is N#Cc1ccc(CSc2ccccc2C(=O)OCC(=O)N2CCc3ccccc3C2)cc1. The minimum Gasteiger partial charge on any atom is -0.452 e. The third-order valence-corrected chi connectivity index (χ3v) is 6.54. The lowest BCUT2D eigenvalue weighted by Crippen LogP contribution is -2.38. The first-order valence-electron chi connectivity index (χ1n) is 10.4. The summed E-state index contributed by atoms with van der Waals surface area (Å²) in [5.41, 5.74) is 4.52. The zero-order valence-corrected chi connectivity index (χ0v) is 18.3. The van der Waals surface area contributed by atoms with E-state index in [1.165, 1.54) is 17.3 Å². The maximum absolute atomic E-state index is 12.7. The molecule has 32 heavy (non-hydrogen) atoms. The van der Waals surface area contributed by atoms with Crippen molar-refractivity contribution in [2.75, 3.05) is 13.2 Å². The number of thioether (sulfide) groups is 1. The second-order valence-corrected chi connectivity index (χ2v) is 8.52. The van der Waals surface area contributed by atoms with Crippen LogP contribution in [0.4, 0.5) is 0 Å². The number of fused-ring (bicyclic) bond motifs is 1. The normalized spacial score (nSPS) is 12.5. The van der Waals surface area contributed by atoms with Gasteiger partial charge in [-0.15, -0.1) is 11.8 Å². The lowest BCUT2D eigenvalue weighted by Gasteiger charge is -2.28. The molecule has 0 aromatic heterocycles. The highest BCUT2D eigenvalue weighted by Gasteiger charge is 2.22. The highest BCUT2D eigenvalue weighted by atomic mass is 32.2. The third kappa shape index (κ3) is 5.19. The maximum Gasteiger partial charge on any atom is 0.339 e. The van der Waals surface area contributed by atoms with E-state index in [2.05, 4.69) is 12.1 Å². The Bertz CT molecular complexity index is 1170. The highest BCUT2D eigenvalue weighted by molar-refractivity contribution is 7.98. The molecule has 0 unspecified atom stereocenters. The lowest BCUT2D eigenvalue weighted by atomic mass is 10.00. The Morgan fingerprint density at radius 1 is 0.969 bits per heavy atom. The number of hydrogen-bond acceptors (Lipinski definition) is 5. The van der Waals surface area contributed by atoms with Crippen LogP contribution in [0, 0.1) is 11.3 Å². The average Bonchev–Trinajstić information content (AvgIpc) is 2.86. The van der Waals surface area contributed by atoms with Gasteiger partial charge in [-0.05, 0) is 47.4 Å². The van der Waals surface area contributed by atoms with Gasteiger partial charge in [0, 0.05) is 23.7 Å². The summed E-state index contributed by atoms with van der Waals surface area (Å²) >= 11 is 1.52. The summed E-state index contributed by atoms with van der Waals surface area (Å²) in [5.74, 6) is -0.0310. The number of amides is 1. The summed E-state index contributed by atoms with van der Waals surface area (Å²) in [4.78, 5) is 27.8. The molecule has 0 saturated heterocycles. The van der Waals surface area contributed by atoms with Crippen LogP contribution in [0.1, 0.15) is 32.6 Å². The van der Waals surface area contributed by atoms with Crippen molar-refractivity contribution in [3.05, 3.63) is 101 Å². The molecule has 6 heteroatoms. The molecule has 160 valence electrons. The van der Waals surface area contributed by atoms with E-state index in [0.717, 1.165) is 22.4 Å². The molecule has 0 fully saturated rings. The fourth-order valence-corrected chi connectivity index (χ4v) is 4.60. The average molecular weight is 443 g/mol. The van der Waals surface area contributed by atoms with Gasteiger partial charge in [-0.3, -0.25) is 4.79 Å². The Morgan fingerprint density at radius 2 is 1.69 bits per heavy atom. The predicted octanol–water partition coefficient (Wildman–Crippen LogP) is 4.59. The van der Waals surface area contributed by atoms with Gasteiger partial charge < -0.3 is 9.64 Å². The molecule has 0 atom stereocenters. The Morgan fingerprint density at radius 3 is 2.47 bits per heavy atom. The van der Waals surface area contributed by atoms with E-state index in [4.69, 9.17) is 10.00 Å². The Kier molecular flexibility index (Phi) is 6.88. The van der Waals surface area contributed by atoms with Crippen molar-refractivity contribution < 1.29 is 14.3 Å². The Labute approximate surface area is 191 Å². The van der Waals surface area contributed by atoms with Gasteiger partial charge in [-0.1, -0.05) is 48.5 Å². The molecular weight excluding hydrogens is 420 g/mol. The first-order valence-corrected chi connectivity index (χ1v) is 11.3. The fourth-order valence-electron chi connectivity index (χ4n) is 3.60. The molecule has 0 spiro atoms. The number of carbonyl (C=O) groups is 2. The highest BCUT2D eigenvalue weighted by Crippen LogP contribution is 2.27. The summed E-state index contributed by atoms with van der Waals surface area (Å²) in [6.07, 6.45) is 0.810. The van der Waals surface area contributed by atoms with Crippen molar-refractivity contribution in [3.8, 4) is 6.07 Å². The van der Waals surface area contributed by atoms with Gasteiger partial charge in [0.2, 0.25) is 0 Å². The number of hydrogen-bond donors (Lipinski definition) is 0. The first-order chi connectivity index (χ1) is 15.6. The number of benzene rings is 3. The minimum absolute atomic E-state index is 0.185. The van der Waals surface area contributed by atoms with Crippen LogP contribution >= 0.6 is 11.8 Å². The molecule has 1 amide bonds. The van der Waals surface area contributed by atoms with Gasteiger partial charge >= 0.3 is 5.97 Å². The molecule has 0 radical (unpaired) electrons. The van der Waals surface area contributed by atoms with Crippen molar-refractivity contribution in [2.45, 2.75) is 23.6 Å². The van der Waals surface area contributed by atoms with Crippen LogP contribution in [-0.2, 0) is 28.2 Å². The summed E-state index contributed by atoms with van der Waals surface area (Å²) in [6.45, 7) is 0.906. The molecule has 3 aromatic carbocycles. The van der Waals surface area contributed by atoms with E-state index in [0.29, 0.717) is 30.0 Å². The molecule has 0 N–H and O–H groups in total. The number of esters is 1. The summed E-state index contributed by atoms with van der Waals surface area (Å²) in [6, 6.07) is 24.8. The Hall–Kier alpha value is -3.56. The second-order valence-electron chi connectivity index (χ2n) is 7.50. The van der Waals surface area contributed by atoms with Gasteiger partial charge in [0.15, 0.2) is 6.61 Å². The van der Waals surface area contributed by atoms with Crippen LogP contribution in [0.2, 0.25) is 0 Å². The number of ether oxygens (including phenoxy) is 1. The quantitative estimate of drug-likeness (QED) is 0.412. The number of rotatable bonds is 6. The van der Waals surface area contributed by atoms with E-state index < -0.39 is 5.97 Å². The molecule has 4 rings (SSSR count). The van der Waals surface area contributed by atoms with Crippen molar-refractivity contribution in [1.82, 2.24) is 4.90 Å². The van der Waals surface area contributed by atoms with Crippen LogP contribution in [-0.4, -0.2) is 29.9 Å². The topological polar surface area (TPSA) is 70.4 Å². The fraction of sp³-hybridized carbons (Fsp3) is 0.192. The third-order valence-electron chi connectivity index (χ3n) is 5.39. The monoisotopic (exact) mass is 442 g/mol. The first kappa shape index (κ1) is 21.7. The zero-order chi connectivity index (χ0) is 22.3. The van der Waals surface area contributed by atoms with E-state index in [-0.39, 0.29) is 12.5 Å². The van der Waals surface area contributed by atoms with Gasteiger partial charge in [0.1, 0.15) is 0 Å². The van der Waals surface area contributed by atoms with Crippen molar-refractivity contribution in [1.29, 1.82) is 5.26 Å². The van der Waals surface area contributed by atoms with Crippen molar-refractivity contribution in [2.24, 2.45) is 0 Å². The minimum atomic E-state index is -0.501. The van der Waals surface area contributed by atoms with E-state index >= 15 is 0 Å². The molecular formula is C26H22N2O3S. The van der Waals surface area contributed by atoms with Gasteiger partial charge in [-0.2, -0.15) is 5.26 Å². The van der Waals surface area contributed by atoms with Gasteiger partial charge in [0.05, 0.1) is 17.2 Å². The summed E-state index contributed by atoms with van der Waals surface area (Å²) in [5, 5.41) is 8.92. The largest absolute Gasteiger partial charge is 0.452 e. The molecule has 0 aliphatic carbocycles. The van der Waals surface area contributed by atoms with Gasteiger partial charge in [0.25, 0.3) is 5.91 Å². The van der Waals surface area contributed by atoms with Gasteiger partial charge in [-0.25, -0.2) is 4.79 Å². The summed E-state index contributed by atoms with van der Waals surface area (Å²) in [7, 11) is 0.